The number of carbonyl (C=O) groups is 1. The van der Waals surface area contributed by atoms with Crippen LogP contribution in [0.4, 0.5) is 0 Å². The van der Waals surface area contributed by atoms with E-state index in [4.69, 9.17) is 0 Å². The Morgan fingerprint density at radius 2 is 1.69 bits per heavy atom. The van der Waals surface area contributed by atoms with Gasteiger partial charge in [0.15, 0.2) is 0 Å². The summed E-state index contributed by atoms with van der Waals surface area (Å²) in [6, 6.07) is 8.04. The van der Waals surface area contributed by atoms with E-state index in [-0.39, 0.29) is 5.91 Å². The van der Waals surface area contributed by atoms with Crippen LogP contribution in [0.15, 0.2) is 24.3 Å². The topological polar surface area (TPSA) is 20.3 Å². The van der Waals surface area contributed by atoms with E-state index >= 15 is 0 Å². The Morgan fingerprint density at radius 1 is 1.12 bits per heavy atom. The molecule has 1 aliphatic heterocycles. The van der Waals surface area contributed by atoms with E-state index in [9.17, 15) is 4.79 Å². The number of carbonyl (C=O) groups excluding carboxylic acids is 1. The highest BCUT2D eigenvalue weighted by Gasteiger charge is 2.19. The van der Waals surface area contributed by atoms with Crippen LogP contribution in [0, 0.1) is 0 Å². The average molecular weight is 217 g/mol. The number of nitrogens with zero attached hydrogens (tertiary/aromatic N) is 1. The van der Waals surface area contributed by atoms with Gasteiger partial charge >= 0.3 is 0 Å². The quantitative estimate of drug-likeness (QED) is 0.745. The van der Waals surface area contributed by atoms with Crippen LogP contribution in [0.2, 0.25) is 0 Å². The van der Waals surface area contributed by atoms with Crippen molar-refractivity contribution >= 4 is 5.91 Å². The van der Waals surface area contributed by atoms with Crippen LogP contribution < -0.4 is 0 Å². The standard InChI is InChI=1S/C14H19NO/c1-11(2)12-5-7-13(8-6-12)14(16)15-9-3-4-10-15/h5-8,11H,3-4,9-10H2,1-2H3. The summed E-state index contributed by atoms with van der Waals surface area (Å²) in [5, 5.41) is 0. The van der Waals surface area contributed by atoms with Crippen LogP contribution in [0.3, 0.4) is 0 Å². The smallest absolute Gasteiger partial charge is 0.253 e. The summed E-state index contributed by atoms with van der Waals surface area (Å²) in [5.74, 6) is 0.712. The third kappa shape index (κ3) is 2.26. The van der Waals surface area contributed by atoms with Gasteiger partial charge in [-0.25, -0.2) is 0 Å². The van der Waals surface area contributed by atoms with E-state index in [1.54, 1.807) is 0 Å². The lowest BCUT2D eigenvalue weighted by atomic mass is 10.0. The highest BCUT2D eigenvalue weighted by Crippen LogP contribution is 2.17. The molecule has 2 rings (SSSR count). The Bertz CT molecular complexity index is 361. The van der Waals surface area contributed by atoms with Gasteiger partial charge in [0.25, 0.3) is 5.91 Å². The third-order valence-electron chi connectivity index (χ3n) is 3.22. The van der Waals surface area contributed by atoms with Gasteiger partial charge < -0.3 is 4.90 Å². The maximum Gasteiger partial charge on any atom is 0.253 e. The minimum absolute atomic E-state index is 0.188. The number of likely N-dealkylation sites (tertiary alicyclic amines) is 1. The molecule has 0 aromatic heterocycles. The normalized spacial score (nSPS) is 15.8. The van der Waals surface area contributed by atoms with Crippen LogP contribution in [-0.4, -0.2) is 23.9 Å². The second-order valence-corrected chi connectivity index (χ2v) is 4.78. The average Bonchev–Trinajstić information content (AvgIpc) is 2.81. The van der Waals surface area contributed by atoms with E-state index in [0.717, 1.165) is 31.5 Å². The van der Waals surface area contributed by atoms with Crippen LogP contribution in [-0.2, 0) is 0 Å². The lowest BCUT2D eigenvalue weighted by Crippen LogP contribution is -2.27. The molecule has 2 nitrogen and oxygen atoms in total. The van der Waals surface area contributed by atoms with Crippen molar-refractivity contribution < 1.29 is 4.79 Å². The van der Waals surface area contributed by atoms with Crippen LogP contribution in [0.25, 0.3) is 0 Å². The molecule has 0 bridgehead atoms. The minimum Gasteiger partial charge on any atom is -0.339 e. The van der Waals surface area contributed by atoms with Gasteiger partial charge in [-0.15, -0.1) is 0 Å². The second-order valence-electron chi connectivity index (χ2n) is 4.78. The van der Waals surface area contributed by atoms with Gasteiger partial charge in [0.05, 0.1) is 0 Å². The fourth-order valence-electron chi connectivity index (χ4n) is 2.11. The summed E-state index contributed by atoms with van der Waals surface area (Å²) in [6.07, 6.45) is 2.30. The number of hydrogen-bond acceptors (Lipinski definition) is 1. The zero-order chi connectivity index (χ0) is 11.5. The number of benzene rings is 1. The van der Waals surface area contributed by atoms with Crippen molar-refractivity contribution in [2.75, 3.05) is 13.1 Å². The van der Waals surface area contributed by atoms with Gasteiger partial charge in [-0.05, 0) is 36.5 Å². The van der Waals surface area contributed by atoms with Crippen molar-refractivity contribution in [2.45, 2.75) is 32.6 Å². The van der Waals surface area contributed by atoms with Gasteiger partial charge in [0.1, 0.15) is 0 Å². The molecule has 86 valence electrons. The molecule has 1 fully saturated rings. The summed E-state index contributed by atoms with van der Waals surface area (Å²) < 4.78 is 0. The highest BCUT2D eigenvalue weighted by molar-refractivity contribution is 5.94. The molecule has 0 saturated carbocycles. The monoisotopic (exact) mass is 217 g/mol. The Labute approximate surface area is 97.3 Å². The molecule has 1 heterocycles. The second kappa shape index (κ2) is 4.69. The first-order valence-corrected chi connectivity index (χ1v) is 6.07. The molecule has 1 aromatic carbocycles. The van der Waals surface area contributed by atoms with E-state index in [0.29, 0.717) is 5.92 Å². The number of hydrogen-bond donors (Lipinski definition) is 0. The van der Waals surface area contributed by atoms with Crippen LogP contribution in [0.1, 0.15) is 48.5 Å². The molecule has 0 unspecified atom stereocenters. The number of rotatable bonds is 2. The molecule has 0 N–H and O–H groups in total. The van der Waals surface area contributed by atoms with E-state index in [1.807, 2.05) is 17.0 Å². The van der Waals surface area contributed by atoms with Crippen molar-refractivity contribution in [3.05, 3.63) is 35.4 Å². The molecule has 0 aliphatic carbocycles. The Hall–Kier alpha value is -1.31. The molecule has 1 amide bonds. The summed E-state index contributed by atoms with van der Waals surface area (Å²) in [7, 11) is 0. The van der Waals surface area contributed by atoms with E-state index < -0.39 is 0 Å². The maximum atomic E-state index is 12.1. The van der Waals surface area contributed by atoms with Crippen molar-refractivity contribution in [3.63, 3.8) is 0 Å². The molecule has 1 aliphatic rings. The van der Waals surface area contributed by atoms with Gasteiger partial charge in [-0.1, -0.05) is 26.0 Å². The van der Waals surface area contributed by atoms with Crippen LogP contribution in [0.5, 0.6) is 0 Å². The number of amides is 1. The Balaban J connectivity index is 2.11. The SMILES string of the molecule is CC(C)c1ccc(C(=O)N2CCCC2)cc1. The molecule has 0 spiro atoms. The zero-order valence-corrected chi connectivity index (χ0v) is 10.1. The lowest BCUT2D eigenvalue weighted by Gasteiger charge is -2.15. The molecular formula is C14H19NO. The first-order valence-electron chi connectivity index (χ1n) is 6.07. The molecule has 1 saturated heterocycles. The molecule has 0 radical (unpaired) electrons. The molecule has 16 heavy (non-hydrogen) atoms. The molecule has 0 atom stereocenters. The van der Waals surface area contributed by atoms with Gasteiger partial charge in [0, 0.05) is 18.7 Å². The van der Waals surface area contributed by atoms with E-state index in [1.165, 1.54) is 5.56 Å². The van der Waals surface area contributed by atoms with Crippen molar-refractivity contribution in [3.8, 4) is 0 Å². The van der Waals surface area contributed by atoms with Crippen molar-refractivity contribution in [2.24, 2.45) is 0 Å². The fraction of sp³-hybridized carbons (Fsp3) is 0.500. The summed E-state index contributed by atoms with van der Waals surface area (Å²) in [4.78, 5) is 14.0. The Kier molecular flexibility index (Phi) is 3.28. The first-order chi connectivity index (χ1) is 7.68. The molecule has 1 aromatic rings. The Morgan fingerprint density at radius 3 is 2.19 bits per heavy atom. The lowest BCUT2D eigenvalue weighted by molar-refractivity contribution is 0.0793. The largest absolute Gasteiger partial charge is 0.339 e. The van der Waals surface area contributed by atoms with Crippen LogP contribution >= 0.6 is 0 Å². The predicted molar refractivity (Wildman–Crippen MR) is 65.7 cm³/mol. The van der Waals surface area contributed by atoms with Gasteiger partial charge in [0.2, 0.25) is 0 Å². The maximum absolute atomic E-state index is 12.1. The van der Waals surface area contributed by atoms with Gasteiger partial charge in [-0.2, -0.15) is 0 Å². The molecular weight excluding hydrogens is 198 g/mol. The van der Waals surface area contributed by atoms with Gasteiger partial charge in [-0.3, -0.25) is 4.79 Å². The summed E-state index contributed by atoms with van der Waals surface area (Å²) in [6.45, 7) is 6.17. The minimum atomic E-state index is 0.188. The first kappa shape index (κ1) is 11.2. The highest BCUT2D eigenvalue weighted by atomic mass is 16.2. The summed E-state index contributed by atoms with van der Waals surface area (Å²) >= 11 is 0. The fourth-order valence-corrected chi connectivity index (χ4v) is 2.11. The molecule has 2 heteroatoms. The predicted octanol–water partition coefficient (Wildman–Crippen LogP) is 3.05. The summed E-state index contributed by atoms with van der Waals surface area (Å²) in [5.41, 5.74) is 2.12. The zero-order valence-electron chi connectivity index (χ0n) is 10.1. The van der Waals surface area contributed by atoms with Crippen molar-refractivity contribution in [1.82, 2.24) is 4.90 Å². The van der Waals surface area contributed by atoms with E-state index in [2.05, 4.69) is 26.0 Å². The van der Waals surface area contributed by atoms with Crippen molar-refractivity contribution in [1.29, 1.82) is 0 Å². The third-order valence-corrected chi connectivity index (χ3v) is 3.22.